The van der Waals surface area contributed by atoms with E-state index in [0.717, 1.165) is 31.9 Å². The average molecular weight is 336 g/mol. The van der Waals surface area contributed by atoms with Gasteiger partial charge in [0.05, 0.1) is 12.1 Å². The van der Waals surface area contributed by atoms with Crippen LogP contribution in [-0.4, -0.2) is 75.3 Å². The van der Waals surface area contributed by atoms with Crippen LogP contribution in [0.3, 0.4) is 0 Å². The number of aromatic nitrogens is 2. The number of imidazole rings is 1. The van der Waals surface area contributed by atoms with Crippen molar-refractivity contribution >= 4 is 5.91 Å². The SMILES string of the molecule is COC(C)(C)C(=O)N1CC[C@@]2(O)CCN(Cc3ncc[nH]3)C[C@H]2C1. The summed E-state index contributed by atoms with van der Waals surface area (Å²) >= 11 is 0. The van der Waals surface area contributed by atoms with Crippen LogP contribution in [0.4, 0.5) is 0 Å². The number of aliphatic hydroxyl groups is 1. The number of nitrogens with one attached hydrogen (secondary N) is 1. The average Bonchev–Trinajstić information content (AvgIpc) is 3.07. The molecule has 0 bridgehead atoms. The molecule has 3 heterocycles. The molecule has 7 heteroatoms. The number of carbonyl (C=O) groups excluding carboxylic acids is 1. The number of ether oxygens (including phenoxy) is 1. The number of rotatable bonds is 4. The number of piperidine rings is 2. The Hall–Kier alpha value is -1.44. The first-order valence-electron chi connectivity index (χ1n) is 8.61. The van der Waals surface area contributed by atoms with Gasteiger partial charge in [-0.3, -0.25) is 9.69 Å². The minimum Gasteiger partial charge on any atom is -0.389 e. The molecule has 2 N–H and O–H groups in total. The summed E-state index contributed by atoms with van der Waals surface area (Å²) in [6.07, 6.45) is 4.96. The lowest BCUT2D eigenvalue weighted by Gasteiger charge is -2.50. The molecule has 2 saturated heterocycles. The molecule has 2 aliphatic rings. The van der Waals surface area contributed by atoms with Crippen molar-refractivity contribution in [3.05, 3.63) is 18.2 Å². The van der Waals surface area contributed by atoms with Gasteiger partial charge in [0.25, 0.3) is 5.91 Å². The van der Waals surface area contributed by atoms with E-state index in [1.165, 1.54) is 0 Å². The Bertz CT molecular complexity index is 574. The Labute approximate surface area is 143 Å². The van der Waals surface area contributed by atoms with Crippen molar-refractivity contribution in [3.8, 4) is 0 Å². The van der Waals surface area contributed by atoms with Gasteiger partial charge in [-0.25, -0.2) is 4.98 Å². The number of methoxy groups -OCH3 is 1. The fourth-order valence-corrected chi connectivity index (χ4v) is 3.76. The van der Waals surface area contributed by atoms with E-state index < -0.39 is 11.2 Å². The highest BCUT2D eigenvalue weighted by molar-refractivity contribution is 5.84. The molecule has 3 rings (SSSR count). The van der Waals surface area contributed by atoms with Gasteiger partial charge >= 0.3 is 0 Å². The number of H-pyrrole nitrogens is 1. The third-order valence-corrected chi connectivity index (χ3v) is 5.60. The molecule has 0 spiro atoms. The van der Waals surface area contributed by atoms with Crippen LogP contribution in [0.25, 0.3) is 0 Å². The van der Waals surface area contributed by atoms with E-state index in [-0.39, 0.29) is 11.8 Å². The normalized spacial score (nSPS) is 28.7. The molecule has 1 aromatic rings. The molecule has 1 amide bonds. The molecule has 0 radical (unpaired) electrons. The predicted molar refractivity (Wildman–Crippen MR) is 89.2 cm³/mol. The van der Waals surface area contributed by atoms with Crippen molar-refractivity contribution in [1.29, 1.82) is 0 Å². The van der Waals surface area contributed by atoms with E-state index >= 15 is 0 Å². The van der Waals surface area contributed by atoms with Gasteiger partial charge in [0.2, 0.25) is 0 Å². The molecule has 1 aromatic heterocycles. The maximum absolute atomic E-state index is 12.7. The number of amides is 1. The number of hydrogen-bond acceptors (Lipinski definition) is 5. The molecule has 2 aliphatic heterocycles. The first kappa shape index (κ1) is 17.4. The number of hydrogen-bond donors (Lipinski definition) is 2. The zero-order valence-corrected chi connectivity index (χ0v) is 14.8. The quantitative estimate of drug-likeness (QED) is 0.842. The zero-order valence-electron chi connectivity index (χ0n) is 14.8. The minimum absolute atomic E-state index is 0.00444. The molecule has 24 heavy (non-hydrogen) atoms. The van der Waals surface area contributed by atoms with Crippen molar-refractivity contribution in [2.75, 3.05) is 33.3 Å². The summed E-state index contributed by atoms with van der Waals surface area (Å²) < 4.78 is 5.33. The number of aromatic amines is 1. The third kappa shape index (κ3) is 3.34. The van der Waals surface area contributed by atoms with Gasteiger partial charge in [0, 0.05) is 51.6 Å². The fourth-order valence-electron chi connectivity index (χ4n) is 3.76. The second-order valence-electron chi connectivity index (χ2n) is 7.54. The van der Waals surface area contributed by atoms with Crippen LogP contribution in [-0.2, 0) is 16.1 Å². The fraction of sp³-hybridized carbons (Fsp3) is 0.765. The molecule has 0 saturated carbocycles. The van der Waals surface area contributed by atoms with Gasteiger partial charge in [-0.1, -0.05) is 0 Å². The van der Waals surface area contributed by atoms with E-state index in [4.69, 9.17) is 4.74 Å². The van der Waals surface area contributed by atoms with Crippen LogP contribution in [0.2, 0.25) is 0 Å². The van der Waals surface area contributed by atoms with Gasteiger partial charge < -0.3 is 19.7 Å². The summed E-state index contributed by atoms with van der Waals surface area (Å²) in [6.45, 7) is 7.13. The van der Waals surface area contributed by atoms with Gasteiger partial charge in [0.15, 0.2) is 0 Å². The Balaban J connectivity index is 1.66. The molecule has 2 fully saturated rings. The number of likely N-dealkylation sites (tertiary alicyclic amines) is 2. The molecule has 134 valence electrons. The van der Waals surface area contributed by atoms with E-state index in [1.807, 2.05) is 11.1 Å². The van der Waals surface area contributed by atoms with Crippen molar-refractivity contribution < 1.29 is 14.6 Å². The van der Waals surface area contributed by atoms with Crippen molar-refractivity contribution in [1.82, 2.24) is 19.8 Å². The van der Waals surface area contributed by atoms with Crippen LogP contribution in [0.15, 0.2) is 12.4 Å². The van der Waals surface area contributed by atoms with Crippen LogP contribution >= 0.6 is 0 Å². The lowest BCUT2D eigenvalue weighted by Crippen LogP contribution is -2.62. The maximum atomic E-state index is 12.7. The van der Waals surface area contributed by atoms with Crippen molar-refractivity contribution in [2.45, 2.75) is 44.4 Å². The topological polar surface area (TPSA) is 81.7 Å². The Kier molecular flexibility index (Phi) is 4.68. The summed E-state index contributed by atoms with van der Waals surface area (Å²) in [7, 11) is 1.56. The second kappa shape index (κ2) is 6.46. The van der Waals surface area contributed by atoms with Crippen LogP contribution in [0.1, 0.15) is 32.5 Å². The summed E-state index contributed by atoms with van der Waals surface area (Å²) in [6, 6.07) is 0. The van der Waals surface area contributed by atoms with Gasteiger partial charge in [-0.2, -0.15) is 0 Å². The Morgan fingerprint density at radius 1 is 1.46 bits per heavy atom. The zero-order chi connectivity index (χ0) is 17.4. The molecule has 2 atom stereocenters. The van der Waals surface area contributed by atoms with Crippen LogP contribution < -0.4 is 0 Å². The second-order valence-corrected chi connectivity index (χ2v) is 7.54. The van der Waals surface area contributed by atoms with Crippen LogP contribution in [0, 0.1) is 5.92 Å². The summed E-state index contributed by atoms with van der Waals surface area (Å²) in [5.74, 6) is 0.992. The molecular formula is C17H28N4O3. The van der Waals surface area contributed by atoms with Crippen LogP contribution in [0.5, 0.6) is 0 Å². The molecule has 0 aromatic carbocycles. The lowest BCUT2D eigenvalue weighted by molar-refractivity contribution is -0.163. The first-order chi connectivity index (χ1) is 11.3. The van der Waals surface area contributed by atoms with E-state index in [9.17, 15) is 9.90 Å². The van der Waals surface area contributed by atoms with Gasteiger partial charge in [-0.15, -0.1) is 0 Å². The number of nitrogens with zero attached hydrogens (tertiary/aromatic N) is 3. The van der Waals surface area contributed by atoms with Crippen molar-refractivity contribution in [3.63, 3.8) is 0 Å². The highest BCUT2D eigenvalue weighted by Crippen LogP contribution is 2.36. The monoisotopic (exact) mass is 336 g/mol. The highest BCUT2D eigenvalue weighted by Gasteiger charge is 2.47. The standard InChI is InChI=1S/C17H28N4O3/c1-16(2,24-3)15(22)21-9-5-17(23)4-8-20(10-13(17)11-21)12-14-18-6-7-19-14/h6-7,13,23H,4-5,8-12H2,1-3H3,(H,18,19)/t13-,17-/m0/s1. The largest absolute Gasteiger partial charge is 0.389 e. The minimum atomic E-state index is -0.821. The van der Waals surface area contributed by atoms with Crippen molar-refractivity contribution in [2.24, 2.45) is 5.92 Å². The number of carbonyl (C=O) groups is 1. The summed E-state index contributed by atoms with van der Waals surface area (Å²) in [4.78, 5) is 24.2. The first-order valence-corrected chi connectivity index (χ1v) is 8.61. The Morgan fingerprint density at radius 2 is 2.21 bits per heavy atom. The van der Waals surface area contributed by atoms with E-state index in [1.54, 1.807) is 27.2 Å². The van der Waals surface area contributed by atoms with E-state index in [2.05, 4.69) is 14.9 Å². The highest BCUT2D eigenvalue weighted by atomic mass is 16.5. The maximum Gasteiger partial charge on any atom is 0.254 e. The molecule has 0 aliphatic carbocycles. The molecule has 0 unspecified atom stereocenters. The number of fused-ring (bicyclic) bond motifs is 1. The summed E-state index contributed by atoms with van der Waals surface area (Å²) in [5, 5.41) is 11.0. The molecule has 7 nitrogen and oxygen atoms in total. The van der Waals surface area contributed by atoms with Gasteiger partial charge in [-0.05, 0) is 26.7 Å². The summed E-state index contributed by atoms with van der Waals surface area (Å²) in [5.41, 5.74) is -1.48. The third-order valence-electron chi connectivity index (χ3n) is 5.60. The lowest BCUT2D eigenvalue weighted by atomic mass is 9.75. The smallest absolute Gasteiger partial charge is 0.254 e. The predicted octanol–water partition coefficient (Wildman–Crippen LogP) is 0.620. The Morgan fingerprint density at radius 3 is 2.88 bits per heavy atom. The molecular weight excluding hydrogens is 308 g/mol. The van der Waals surface area contributed by atoms with E-state index in [0.29, 0.717) is 19.5 Å². The van der Waals surface area contributed by atoms with Gasteiger partial charge in [0.1, 0.15) is 11.4 Å².